The molecule has 10 heteroatoms. The largest absolute Gasteiger partial charge is 0.462 e. The Labute approximate surface area is 226 Å². The first-order valence-corrected chi connectivity index (χ1v) is 14.0. The lowest BCUT2D eigenvalue weighted by Gasteiger charge is -2.58. The van der Waals surface area contributed by atoms with Gasteiger partial charge in [-0.15, -0.1) is 0 Å². The number of aliphatic hydroxyl groups is 2. The van der Waals surface area contributed by atoms with Crippen molar-refractivity contribution in [2.75, 3.05) is 19.8 Å². The third-order valence-electron chi connectivity index (χ3n) is 10.8. The molecule has 0 radical (unpaired) electrons. The molecule has 7 rings (SSSR count). The van der Waals surface area contributed by atoms with Crippen molar-refractivity contribution >= 4 is 11.9 Å². The number of allylic oxidation sites excluding steroid dienone is 2. The zero-order valence-electron chi connectivity index (χ0n) is 22.3. The second-order valence-corrected chi connectivity index (χ2v) is 12.4. The van der Waals surface area contributed by atoms with Gasteiger partial charge >= 0.3 is 11.9 Å². The summed E-state index contributed by atoms with van der Waals surface area (Å²) in [4.78, 5) is 26.5. The first kappa shape index (κ1) is 25.9. The fraction of sp³-hybridized carbons (Fsp3) is 0.724. The molecule has 0 aromatic heterocycles. The van der Waals surface area contributed by atoms with E-state index in [2.05, 4.69) is 19.9 Å². The summed E-state index contributed by atoms with van der Waals surface area (Å²) >= 11 is 0. The van der Waals surface area contributed by atoms with Crippen molar-refractivity contribution in [3.63, 3.8) is 0 Å². The molecule has 10 unspecified atom stereocenters. The molecule has 4 bridgehead atoms. The molecule has 10 atom stereocenters. The van der Waals surface area contributed by atoms with Crippen LogP contribution in [0.5, 0.6) is 0 Å². The van der Waals surface area contributed by atoms with Gasteiger partial charge in [-0.25, -0.2) is 9.59 Å². The molecule has 4 saturated heterocycles. The Morgan fingerprint density at radius 3 is 2.62 bits per heavy atom. The van der Waals surface area contributed by atoms with E-state index in [-0.39, 0.29) is 31.8 Å². The van der Waals surface area contributed by atoms with E-state index in [1.54, 1.807) is 6.08 Å². The summed E-state index contributed by atoms with van der Waals surface area (Å²) in [5.74, 6) is -1.000. The maximum absolute atomic E-state index is 13.4. The number of rotatable bonds is 0. The molecule has 212 valence electrons. The van der Waals surface area contributed by atoms with Crippen LogP contribution in [0.25, 0.3) is 0 Å². The van der Waals surface area contributed by atoms with E-state index in [9.17, 15) is 19.8 Å². The van der Waals surface area contributed by atoms with Crippen LogP contribution in [-0.4, -0.2) is 90.0 Å². The molecule has 10 nitrogen and oxygen atoms in total. The van der Waals surface area contributed by atoms with Gasteiger partial charge in [-0.05, 0) is 44.6 Å². The number of cyclic esters (lactones) is 1. The van der Waals surface area contributed by atoms with E-state index < -0.39 is 58.6 Å². The number of ether oxygens (including phenoxy) is 6. The highest BCUT2D eigenvalue weighted by atomic mass is 16.7. The molecule has 39 heavy (non-hydrogen) atoms. The summed E-state index contributed by atoms with van der Waals surface area (Å²) in [6.45, 7) is 5.02. The number of epoxide rings is 1. The van der Waals surface area contributed by atoms with Crippen molar-refractivity contribution in [3.05, 3.63) is 35.5 Å². The highest BCUT2D eigenvalue weighted by molar-refractivity contribution is 5.83. The topological polar surface area (TPSA) is 133 Å². The molecule has 2 N–H and O–H groups in total. The molecule has 7 aliphatic rings. The minimum Gasteiger partial charge on any atom is -0.462 e. The predicted molar refractivity (Wildman–Crippen MR) is 133 cm³/mol. The Balaban J connectivity index is 1.29. The summed E-state index contributed by atoms with van der Waals surface area (Å²) in [5, 5.41) is 21.2. The highest BCUT2D eigenvalue weighted by Gasteiger charge is 2.83. The van der Waals surface area contributed by atoms with Crippen LogP contribution >= 0.6 is 0 Å². The number of esters is 2. The standard InChI is InChI=1S/C29H36O10/c1-16-6-9-27-14-34-22(31)12-17-7-10-35-28(23(32)25(33)39-24(17)28)8-4-3-5-21(30)38-18-13-20(37-19(27)11-16)29(15-36-29)26(18,27)2/h3,5,11-12,18-20,23-25,32-33H,4,6-10,13-15H2,1-2H3. The Bertz CT molecular complexity index is 1170. The molecule has 5 aliphatic heterocycles. The fourth-order valence-electron chi connectivity index (χ4n) is 8.47. The molecule has 0 aromatic carbocycles. The van der Waals surface area contributed by atoms with Crippen LogP contribution in [0.1, 0.15) is 52.4 Å². The summed E-state index contributed by atoms with van der Waals surface area (Å²) in [6.07, 6.45) is 5.14. The molecule has 2 spiro atoms. The Hall–Kier alpha value is -2.08. The van der Waals surface area contributed by atoms with Gasteiger partial charge in [-0.2, -0.15) is 0 Å². The molecule has 0 aromatic rings. The summed E-state index contributed by atoms with van der Waals surface area (Å²) in [5.41, 5.74) is -1.29. The van der Waals surface area contributed by atoms with E-state index in [0.29, 0.717) is 37.9 Å². The Kier molecular flexibility index (Phi) is 5.77. The van der Waals surface area contributed by atoms with Gasteiger partial charge in [-0.3, -0.25) is 0 Å². The zero-order chi connectivity index (χ0) is 27.2. The molecule has 5 heterocycles. The van der Waals surface area contributed by atoms with Crippen LogP contribution in [0.2, 0.25) is 0 Å². The second kappa shape index (κ2) is 8.71. The normalized spacial score (nSPS) is 50.9. The first-order chi connectivity index (χ1) is 18.7. The van der Waals surface area contributed by atoms with Crippen LogP contribution in [-0.2, 0) is 38.0 Å². The van der Waals surface area contributed by atoms with Gasteiger partial charge in [0, 0.05) is 24.0 Å². The Morgan fingerprint density at radius 1 is 1.00 bits per heavy atom. The van der Waals surface area contributed by atoms with Crippen molar-refractivity contribution in [2.24, 2.45) is 10.8 Å². The first-order valence-electron chi connectivity index (χ1n) is 14.0. The van der Waals surface area contributed by atoms with Gasteiger partial charge in [-0.1, -0.05) is 24.6 Å². The fourth-order valence-corrected chi connectivity index (χ4v) is 8.47. The summed E-state index contributed by atoms with van der Waals surface area (Å²) in [6, 6.07) is 0. The monoisotopic (exact) mass is 544 g/mol. The maximum Gasteiger partial charge on any atom is 0.330 e. The number of aliphatic hydroxyl groups excluding tert-OH is 2. The SMILES string of the molecule is CC1=CC2OC3CC4OC(=O)C=CCCC56OCCC(=CC(=O)OCC2(CC1)C4(C)C31CO1)C5OC(O)C6O. The third kappa shape index (κ3) is 3.42. The molecular formula is C29H36O10. The van der Waals surface area contributed by atoms with Gasteiger partial charge in [0.25, 0.3) is 0 Å². The number of hydrogen-bond acceptors (Lipinski definition) is 10. The number of carbonyl (C=O) groups is 2. The number of carbonyl (C=O) groups excluding carboxylic acids is 2. The van der Waals surface area contributed by atoms with E-state index >= 15 is 0 Å². The molecule has 5 fully saturated rings. The quantitative estimate of drug-likeness (QED) is 0.263. The van der Waals surface area contributed by atoms with Crippen LogP contribution in [0.15, 0.2) is 35.5 Å². The van der Waals surface area contributed by atoms with Crippen molar-refractivity contribution < 1.29 is 48.2 Å². The maximum atomic E-state index is 13.4. The van der Waals surface area contributed by atoms with E-state index in [0.717, 1.165) is 6.42 Å². The van der Waals surface area contributed by atoms with Crippen molar-refractivity contribution in [2.45, 2.75) is 100 Å². The van der Waals surface area contributed by atoms with E-state index in [4.69, 9.17) is 28.4 Å². The van der Waals surface area contributed by atoms with Gasteiger partial charge in [0.15, 0.2) is 6.29 Å². The lowest BCUT2D eigenvalue weighted by atomic mass is 9.51. The van der Waals surface area contributed by atoms with Crippen LogP contribution < -0.4 is 0 Å². The third-order valence-corrected chi connectivity index (χ3v) is 10.8. The predicted octanol–water partition coefficient (Wildman–Crippen LogP) is 1.63. The van der Waals surface area contributed by atoms with Crippen LogP contribution in [0.4, 0.5) is 0 Å². The van der Waals surface area contributed by atoms with Crippen LogP contribution in [0, 0.1) is 10.8 Å². The summed E-state index contributed by atoms with van der Waals surface area (Å²) in [7, 11) is 0. The van der Waals surface area contributed by atoms with Crippen molar-refractivity contribution in [1.29, 1.82) is 0 Å². The number of hydrogen-bond donors (Lipinski definition) is 2. The zero-order valence-corrected chi connectivity index (χ0v) is 22.3. The molecule has 1 saturated carbocycles. The second-order valence-electron chi connectivity index (χ2n) is 12.4. The average Bonchev–Trinajstić information content (AvgIpc) is 3.64. The highest BCUT2D eigenvalue weighted by Crippen LogP contribution is 2.72. The van der Waals surface area contributed by atoms with E-state index in [1.165, 1.54) is 17.7 Å². The van der Waals surface area contributed by atoms with Gasteiger partial charge in [0.05, 0.1) is 30.8 Å². The van der Waals surface area contributed by atoms with Gasteiger partial charge < -0.3 is 38.6 Å². The molecule has 0 amide bonds. The Morgan fingerprint density at radius 2 is 1.82 bits per heavy atom. The average molecular weight is 545 g/mol. The minimum atomic E-state index is -1.46. The molecular weight excluding hydrogens is 508 g/mol. The molecule has 2 aliphatic carbocycles. The smallest absolute Gasteiger partial charge is 0.330 e. The van der Waals surface area contributed by atoms with Crippen LogP contribution in [0.3, 0.4) is 0 Å². The van der Waals surface area contributed by atoms with Gasteiger partial charge in [0.2, 0.25) is 0 Å². The lowest BCUT2D eigenvalue weighted by Crippen LogP contribution is -2.66. The van der Waals surface area contributed by atoms with Gasteiger partial charge in [0.1, 0.15) is 36.1 Å². The van der Waals surface area contributed by atoms with Crippen molar-refractivity contribution in [3.8, 4) is 0 Å². The summed E-state index contributed by atoms with van der Waals surface area (Å²) < 4.78 is 36.7. The van der Waals surface area contributed by atoms with E-state index in [1.807, 2.05) is 0 Å². The lowest BCUT2D eigenvalue weighted by molar-refractivity contribution is -0.232. The van der Waals surface area contributed by atoms with Crippen molar-refractivity contribution in [1.82, 2.24) is 0 Å². The minimum absolute atomic E-state index is 0.0701.